The molecule has 1 atom stereocenters. The maximum Gasteiger partial charge on any atom is 0.124 e. The second-order valence-corrected chi connectivity index (χ2v) is 5.82. The van der Waals surface area contributed by atoms with E-state index in [9.17, 15) is 4.39 Å². The molecule has 1 unspecified atom stereocenters. The number of nitrogens with two attached hydrogens (primary N) is 1. The zero-order valence-corrected chi connectivity index (χ0v) is 12.6. The Labute approximate surface area is 125 Å². The number of hydrogen-bond acceptors (Lipinski definition) is 1. The minimum atomic E-state index is -0.248. The molecule has 0 heterocycles. The van der Waals surface area contributed by atoms with Crippen LogP contribution in [0.4, 0.5) is 4.39 Å². The van der Waals surface area contributed by atoms with Gasteiger partial charge in [-0.3, -0.25) is 0 Å². The van der Waals surface area contributed by atoms with E-state index in [2.05, 4.69) is 15.9 Å². The van der Waals surface area contributed by atoms with Crippen LogP contribution in [-0.4, -0.2) is 6.04 Å². The summed E-state index contributed by atoms with van der Waals surface area (Å²) in [4.78, 5) is 0. The molecule has 0 saturated heterocycles. The van der Waals surface area contributed by atoms with Gasteiger partial charge in [-0.05, 0) is 48.2 Å². The molecule has 0 aromatic heterocycles. The van der Waals surface area contributed by atoms with Gasteiger partial charge in [0.15, 0.2) is 0 Å². The summed E-state index contributed by atoms with van der Waals surface area (Å²) in [5.41, 5.74) is 8.30. The summed E-state index contributed by atoms with van der Waals surface area (Å²) in [7, 11) is 0. The Hall–Kier alpha value is -0.900. The fourth-order valence-electron chi connectivity index (χ4n) is 1.97. The lowest BCUT2D eigenvalue weighted by atomic mass is 10.00. The van der Waals surface area contributed by atoms with E-state index in [0.29, 0.717) is 6.42 Å². The fraction of sp³-hybridized carbons (Fsp3) is 0.200. The molecule has 0 aliphatic heterocycles. The van der Waals surface area contributed by atoms with Crippen molar-refractivity contribution in [1.29, 1.82) is 0 Å². The van der Waals surface area contributed by atoms with E-state index in [-0.39, 0.29) is 11.9 Å². The molecule has 2 aromatic rings. The van der Waals surface area contributed by atoms with Gasteiger partial charge >= 0.3 is 0 Å². The van der Waals surface area contributed by atoms with Crippen LogP contribution in [-0.2, 0) is 12.8 Å². The average molecular weight is 343 g/mol. The highest BCUT2D eigenvalue weighted by atomic mass is 79.9. The molecular weight excluding hydrogens is 329 g/mol. The third-order valence-corrected chi connectivity index (χ3v) is 3.90. The quantitative estimate of drug-likeness (QED) is 0.878. The van der Waals surface area contributed by atoms with Gasteiger partial charge < -0.3 is 5.73 Å². The van der Waals surface area contributed by atoms with Gasteiger partial charge in [0.1, 0.15) is 5.82 Å². The van der Waals surface area contributed by atoms with Gasteiger partial charge in [0, 0.05) is 15.5 Å². The average Bonchev–Trinajstić information content (AvgIpc) is 2.36. The molecule has 1 nitrogen and oxygen atoms in total. The molecule has 0 spiro atoms. The van der Waals surface area contributed by atoms with E-state index in [1.54, 1.807) is 6.07 Å². The first-order chi connectivity index (χ1) is 9.04. The topological polar surface area (TPSA) is 26.0 Å². The van der Waals surface area contributed by atoms with Gasteiger partial charge in [0.2, 0.25) is 0 Å². The summed E-state index contributed by atoms with van der Waals surface area (Å²) < 4.78 is 13.8. The molecule has 0 radical (unpaired) electrons. The molecule has 4 heteroatoms. The lowest BCUT2D eigenvalue weighted by Gasteiger charge is -2.13. The molecule has 100 valence electrons. The maximum atomic E-state index is 13.0. The second kappa shape index (κ2) is 6.51. The SMILES string of the molecule is NC(Cc1ccc(Cl)cc1)Cc1ccc(F)cc1Br. The zero-order chi connectivity index (χ0) is 13.8. The number of rotatable bonds is 4. The Morgan fingerprint density at radius 1 is 1.11 bits per heavy atom. The van der Waals surface area contributed by atoms with Crippen LogP contribution in [0.1, 0.15) is 11.1 Å². The first-order valence-corrected chi connectivity index (χ1v) is 7.15. The summed E-state index contributed by atoms with van der Waals surface area (Å²) in [5, 5.41) is 0.721. The fourth-order valence-corrected chi connectivity index (χ4v) is 2.60. The van der Waals surface area contributed by atoms with Crippen LogP contribution in [0.25, 0.3) is 0 Å². The van der Waals surface area contributed by atoms with Gasteiger partial charge in [0.25, 0.3) is 0 Å². The predicted octanol–water partition coefficient (Wildman–Crippen LogP) is 4.35. The first-order valence-electron chi connectivity index (χ1n) is 5.98. The molecule has 0 aliphatic carbocycles. The van der Waals surface area contributed by atoms with E-state index in [4.69, 9.17) is 17.3 Å². The highest BCUT2D eigenvalue weighted by Crippen LogP contribution is 2.20. The summed E-state index contributed by atoms with van der Waals surface area (Å²) in [6.07, 6.45) is 1.46. The Kier molecular flexibility index (Phi) is 4.97. The maximum absolute atomic E-state index is 13.0. The lowest BCUT2D eigenvalue weighted by Crippen LogP contribution is -2.25. The first kappa shape index (κ1) is 14.5. The minimum Gasteiger partial charge on any atom is -0.327 e. The van der Waals surface area contributed by atoms with Crippen molar-refractivity contribution >= 4 is 27.5 Å². The van der Waals surface area contributed by atoms with E-state index in [0.717, 1.165) is 27.0 Å². The molecule has 2 rings (SSSR count). The second-order valence-electron chi connectivity index (χ2n) is 4.53. The van der Waals surface area contributed by atoms with E-state index >= 15 is 0 Å². The van der Waals surface area contributed by atoms with Crippen LogP contribution < -0.4 is 5.73 Å². The monoisotopic (exact) mass is 341 g/mol. The molecule has 0 fully saturated rings. The Bertz CT molecular complexity index is 557. The largest absolute Gasteiger partial charge is 0.327 e. The van der Waals surface area contributed by atoms with E-state index < -0.39 is 0 Å². The highest BCUT2D eigenvalue weighted by molar-refractivity contribution is 9.10. The van der Waals surface area contributed by atoms with Gasteiger partial charge in [-0.2, -0.15) is 0 Å². The Balaban J connectivity index is 2.01. The minimum absolute atomic E-state index is 0.0112. The van der Waals surface area contributed by atoms with Crippen LogP contribution in [0.5, 0.6) is 0 Å². The highest BCUT2D eigenvalue weighted by Gasteiger charge is 2.09. The molecule has 0 amide bonds. The van der Waals surface area contributed by atoms with Crippen LogP contribution in [0.15, 0.2) is 46.9 Å². The van der Waals surface area contributed by atoms with Crippen molar-refractivity contribution in [2.24, 2.45) is 5.73 Å². The smallest absolute Gasteiger partial charge is 0.124 e. The molecule has 0 saturated carbocycles. The van der Waals surface area contributed by atoms with E-state index in [1.807, 2.05) is 24.3 Å². The Morgan fingerprint density at radius 2 is 1.79 bits per heavy atom. The standard InChI is InChI=1S/C15H14BrClFN/c16-15-9-13(18)6-3-11(15)8-14(19)7-10-1-4-12(17)5-2-10/h1-6,9,14H,7-8,19H2. The molecular formula is C15H14BrClFN. The van der Waals surface area contributed by atoms with Crippen molar-refractivity contribution in [2.45, 2.75) is 18.9 Å². The predicted molar refractivity (Wildman–Crippen MR) is 80.9 cm³/mol. The molecule has 2 N–H and O–H groups in total. The van der Waals surface area contributed by atoms with Crippen molar-refractivity contribution < 1.29 is 4.39 Å². The normalized spacial score (nSPS) is 12.4. The van der Waals surface area contributed by atoms with Crippen molar-refractivity contribution in [1.82, 2.24) is 0 Å². The summed E-state index contributed by atoms with van der Waals surface area (Å²) >= 11 is 9.20. The Morgan fingerprint density at radius 3 is 2.42 bits per heavy atom. The number of halogens is 3. The van der Waals surface area contributed by atoms with Gasteiger partial charge in [0.05, 0.1) is 0 Å². The van der Waals surface area contributed by atoms with Crippen LogP contribution >= 0.6 is 27.5 Å². The van der Waals surface area contributed by atoms with Crippen molar-refractivity contribution in [3.8, 4) is 0 Å². The summed E-state index contributed by atoms with van der Waals surface area (Å²) in [6.45, 7) is 0. The summed E-state index contributed by atoms with van der Waals surface area (Å²) in [5.74, 6) is -0.248. The molecule has 2 aromatic carbocycles. The molecule has 0 bridgehead atoms. The number of hydrogen-bond donors (Lipinski definition) is 1. The third-order valence-electron chi connectivity index (χ3n) is 2.91. The van der Waals surface area contributed by atoms with Gasteiger partial charge in [-0.15, -0.1) is 0 Å². The zero-order valence-electron chi connectivity index (χ0n) is 10.2. The van der Waals surface area contributed by atoms with Crippen LogP contribution in [0, 0.1) is 5.82 Å². The van der Waals surface area contributed by atoms with Crippen molar-refractivity contribution in [3.05, 3.63) is 68.9 Å². The lowest BCUT2D eigenvalue weighted by molar-refractivity contribution is 0.622. The molecule has 19 heavy (non-hydrogen) atoms. The van der Waals surface area contributed by atoms with E-state index in [1.165, 1.54) is 12.1 Å². The van der Waals surface area contributed by atoms with Crippen molar-refractivity contribution in [3.63, 3.8) is 0 Å². The van der Waals surface area contributed by atoms with Gasteiger partial charge in [-0.1, -0.05) is 45.7 Å². The molecule has 0 aliphatic rings. The van der Waals surface area contributed by atoms with Crippen LogP contribution in [0.2, 0.25) is 5.02 Å². The number of benzene rings is 2. The van der Waals surface area contributed by atoms with Gasteiger partial charge in [-0.25, -0.2) is 4.39 Å². The van der Waals surface area contributed by atoms with Crippen LogP contribution in [0.3, 0.4) is 0 Å². The summed E-state index contributed by atoms with van der Waals surface area (Å²) in [6, 6.07) is 12.3. The third kappa shape index (κ3) is 4.30. The van der Waals surface area contributed by atoms with Crippen molar-refractivity contribution in [2.75, 3.05) is 0 Å².